The molecule has 0 radical (unpaired) electrons. The Kier molecular flexibility index (Phi) is 5.18. The van der Waals surface area contributed by atoms with Gasteiger partial charge in [-0.15, -0.1) is 0 Å². The number of benzene rings is 1. The Morgan fingerprint density at radius 1 is 1.31 bits per heavy atom. The molecule has 6 nitrogen and oxygen atoms in total. The van der Waals surface area contributed by atoms with Crippen LogP contribution in [0.25, 0.3) is 6.08 Å². The number of aliphatic carboxylic acids is 1. The fourth-order valence-corrected chi connectivity index (χ4v) is 5.07. The molecular formula is C18H23FN2O4S. The zero-order valence-corrected chi connectivity index (χ0v) is 15.5. The highest BCUT2D eigenvalue weighted by Gasteiger charge is 2.59. The molecule has 26 heavy (non-hydrogen) atoms. The van der Waals surface area contributed by atoms with Crippen LogP contribution >= 0.6 is 0 Å². The third kappa shape index (κ3) is 3.54. The highest BCUT2D eigenvalue weighted by atomic mass is 32.2. The first-order valence-electron chi connectivity index (χ1n) is 8.62. The van der Waals surface area contributed by atoms with Crippen LogP contribution in [0.4, 0.5) is 4.39 Å². The number of carboxylic acids is 1. The molecule has 0 spiro atoms. The number of fused-ring (bicyclic) bond motifs is 1. The van der Waals surface area contributed by atoms with Crippen molar-refractivity contribution in [1.29, 1.82) is 0 Å². The predicted molar refractivity (Wildman–Crippen MR) is 96.5 cm³/mol. The molecule has 1 aromatic rings. The minimum atomic E-state index is -3.38. The summed E-state index contributed by atoms with van der Waals surface area (Å²) in [7, 11) is -3.38. The fourth-order valence-electron chi connectivity index (χ4n) is 3.87. The van der Waals surface area contributed by atoms with Gasteiger partial charge in [0.15, 0.2) is 0 Å². The van der Waals surface area contributed by atoms with Gasteiger partial charge in [-0.3, -0.25) is 9.69 Å². The van der Waals surface area contributed by atoms with Gasteiger partial charge in [0.1, 0.15) is 5.82 Å². The monoisotopic (exact) mass is 382 g/mol. The maximum Gasteiger partial charge on any atom is 0.312 e. The van der Waals surface area contributed by atoms with E-state index in [0.717, 1.165) is 5.56 Å². The number of carbonyl (C=O) groups is 1. The van der Waals surface area contributed by atoms with E-state index in [1.165, 1.54) is 16.4 Å². The van der Waals surface area contributed by atoms with Gasteiger partial charge in [-0.25, -0.2) is 17.1 Å². The van der Waals surface area contributed by atoms with Crippen molar-refractivity contribution in [2.75, 3.05) is 38.5 Å². The maximum atomic E-state index is 12.9. The first kappa shape index (κ1) is 19.0. The number of rotatable bonds is 6. The Morgan fingerprint density at radius 2 is 2.00 bits per heavy atom. The third-order valence-electron chi connectivity index (χ3n) is 5.38. The summed E-state index contributed by atoms with van der Waals surface area (Å²) >= 11 is 0. The van der Waals surface area contributed by atoms with Crippen LogP contribution in [-0.4, -0.2) is 67.2 Å². The molecule has 2 aliphatic heterocycles. The van der Waals surface area contributed by atoms with E-state index in [2.05, 4.69) is 0 Å². The Morgan fingerprint density at radius 3 is 2.58 bits per heavy atom. The third-order valence-corrected chi connectivity index (χ3v) is 7.17. The van der Waals surface area contributed by atoms with E-state index in [1.807, 2.05) is 17.1 Å². The number of carboxylic acid groups (broad SMARTS) is 1. The summed E-state index contributed by atoms with van der Waals surface area (Å²) in [6, 6.07) is 6.14. The molecule has 0 unspecified atom stereocenters. The second kappa shape index (κ2) is 7.09. The molecule has 2 atom stereocenters. The SMILES string of the molecule is CCS(=O)(=O)N1C[C@@H]2CN(CC=Cc3ccc(F)cc3)C[C@]2(C(=O)O)C1. The Balaban J connectivity index is 1.66. The summed E-state index contributed by atoms with van der Waals surface area (Å²) in [6.45, 7) is 3.33. The van der Waals surface area contributed by atoms with Gasteiger partial charge in [0, 0.05) is 38.6 Å². The molecule has 0 amide bonds. The first-order chi connectivity index (χ1) is 12.3. The van der Waals surface area contributed by atoms with Crippen LogP contribution in [0.2, 0.25) is 0 Å². The van der Waals surface area contributed by atoms with E-state index >= 15 is 0 Å². The summed E-state index contributed by atoms with van der Waals surface area (Å²) < 4.78 is 38.5. The molecule has 0 saturated carbocycles. The minimum Gasteiger partial charge on any atom is -0.481 e. The molecule has 2 fully saturated rings. The van der Waals surface area contributed by atoms with Gasteiger partial charge in [0.05, 0.1) is 11.2 Å². The molecule has 142 valence electrons. The molecule has 0 aromatic heterocycles. The molecule has 2 aliphatic rings. The standard InChI is InChI=1S/C18H23FN2O4S/c1-2-26(24,25)21-11-15-10-20(12-18(15,13-21)17(22)23)9-3-4-14-5-7-16(19)8-6-14/h3-8,15H,2,9-13H2,1H3,(H,22,23)/t15-,18-/m0/s1. The number of nitrogens with zero attached hydrogens (tertiary/aromatic N) is 2. The van der Waals surface area contributed by atoms with E-state index in [4.69, 9.17) is 0 Å². The fraction of sp³-hybridized carbons (Fsp3) is 0.500. The topological polar surface area (TPSA) is 77.9 Å². The zero-order chi connectivity index (χ0) is 18.9. The van der Waals surface area contributed by atoms with Crippen LogP contribution in [0.5, 0.6) is 0 Å². The summed E-state index contributed by atoms with van der Waals surface area (Å²) in [5.41, 5.74) is -0.162. The largest absolute Gasteiger partial charge is 0.481 e. The summed E-state index contributed by atoms with van der Waals surface area (Å²) in [5.74, 6) is -1.44. The molecule has 2 heterocycles. The van der Waals surface area contributed by atoms with Crippen molar-refractivity contribution in [2.45, 2.75) is 6.92 Å². The van der Waals surface area contributed by atoms with Crippen LogP contribution in [0.1, 0.15) is 12.5 Å². The Hall–Kier alpha value is -1.77. The lowest BCUT2D eigenvalue weighted by atomic mass is 9.81. The highest BCUT2D eigenvalue weighted by molar-refractivity contribution is 7.89. The van der Waals surface area contributed by atoms with Crippen molar-refractivity contribution in [3.8, 4) is 0 Å². The summed E-state index contributed by atoms with van der Waals surface area (Å²) in [6.07, 6.45) is 3.79. The van der Waals surface area contributed by atoms with E-state index in [-0.39, 0.29) is 30.6 Å². The lowest BCUT2D eigenvalue weighted by Crippen LogP contribution is -2.42. The van der Waals surface area contributed by atoms with Gasteiger partial charge < -0.3 is 5.11 Å². The van der Waals surface area contributed by atoms with Crippen molar-refractivity contribution in [3.63, 3.8) is 0 Å². The molecule has 1 aromatic carbocycles. The second-order valence-corrected chi connectivity index (χ2v) is 9.26. The van der Waals surface area contributed by atoms with Crippen LogP contribution in [-0.2, 0) is 14.8 Å². The summed E-state index contributed by atoms with van der Waals surface area (Å²) in [4.78, 5) is 14.0. The van der Waals surface area contributed by atoms with Crippen LogP contribution in [0, 0.1) is 17.2 Å². The van der Waals surface area contributed by atoms with Crippen molar-refractivity contribution in [1.82, 2.24) is 9.21 Å². The zero-order valence-electron chi connectivity index (χ0n) is 14.6. The van der Waals surface area contributed by atoms with Crippen molar-refractivity contribution in [3.05, 3.63) is 41.7 Å². The smallest absolute Gasteiger partial charge is 0.312 e. The average molecular weight is 382 g/mol. The predicted octanol–water partition coefficient (Wildman–Crippen LogP) is 1.51. The van der Waals surface area contributed by atoms with Crippen LogP contribution < -0.4 is 0 Å². The van der Waals surface area contributed by atoms with Gasteiger partial charge in [0.25, 0.3) is 0 Å². The van der Waals surface area contributed by atoms with Gasteiger partial charge >= 0.3 is 5.97 Å². The molecule has 2 saturated heterocycles. The average Bonchev–Trinajstić information content (AvgIpc) is 3.12. The lowest BCUT2D eigenvalue weighted by molar-refractivity contribution is -0.148. The van der Waals surface area contributed by atoms with E-state index in [1.54, 1.807) is 19.1 Å². The summed E-state index contributed by atoms with van der Waals surface area (Å²) in [5, 5.41) is 9.78. The van der Waals surface area contributed by atoms with Gasteiger partial charge in [-0.2, -0.15) is 0 Å². The molecular weight excluding hydrogens is 359 g/mol. The quantitative estimate of drug-likeness (QED) is 0.807. The molecule has 8 heteroatoms. The first-order valence-corrected chi connectivity index (χ1v) is 10.2. The van der Waals surface area contributed by atoms with Crippen LogP contribution in [0.15, 0.2) is 30.3 Å². The van der Waals surface area contributed by atoms with E-state index in [0.29, 0.717) is 19.6 Å². The number of sulfonamides is 1. The number of halogens is 1. The number of hydrogen-bond acceptors (Lipinski definition) is 4. The maximum absolute atomic E-state index is 12.9. The Labute approximate surface area is 153 Å². The van der Waals surface area contributed by atoms with E-state index < -0.39 is 21.4 Å². The van der Waals surface area contributed by atoms with Gasteiger partial charge in [-0.1, -0.05) is 24.3 Å². The van der Waals surface area contributed by atoms with Crippen molar-refractivity contribution in [2.24, 2.45) is 11.3 Å². The second-order valence-electron chi connectivity index (χ2n) is 7.00. The van der Waals surface area contributed by atoms with Crippen LogP contribution in [0.3, 0.4) is 0 Å². The Bertz CT molecular complexity index is 809. The number of hydrogen-bond donors (Lipinski definition) is 1. The number of likely N-dealkylation sites (tertiary alicyclic amines) is 1. The normalized spacial score (nSPS) is 27.2. The lowest BCUT2D eigenvalue weighted by Gasteiger charge is -2.24. The van der Waals surface area contributed by atoms with Crippen molar-refractivity contribution < 1.29 is 22.7 Å². The molecule has 0 aliphatic carbocycles. The minimum absolute atomic E-state index is 0.0143. The van der Waals surface area contributed by atoms with Gasteiger partial charge in [0.2, 0.25) is 10.0 Å². The van der Waals surface area contributed by atoms with Gasteiger partial charge in [-0.05, 0) is 24.6 Å². The molecule has 3 rings (SSSR count). The van der Waals surface area contributed by atoms with E-state index in [9.17, 15) is 22.7 Å². The molecule has 0 bridgehead atoms. The van der Waals surface area contributed by atoms with Crippen molar-refractivity contribution >= 4 is 22.1 Å². The molecule has 1 N–H and O–H groups in total. The highest BCUT2D eigenvalue weighted by Crippen LogP contribution is 2.43.